The van der Waals surface area contributed by atoms with Gasteiger partial charge < -0.3 is 5.11 Å². The predicted octanol–water partition coefficient (Wildman–Crippen LogP) is 7.41. The Morgan fingerprint density at radius 2 is 1.42 bits per heavy atom. The molecule has 0 fully saturated rings. The molecule has 1 unspecified atom stereocenters. The first kappa shape index (κ1) is 24.2. The fourth-order valence-corrected chi connectivity index (χ4v) is 2.41. The Bertz CT molecular complexity index is 467. The van der Waals surface area contributed by atoms with Gasteiger partial charge in [-0.05, 0) is 57.3 Å². The summed E-state index contributed by atoms with van der Waals surface area (Å²) in [6.07, 6.45) is 31.6. The minimum Gasteiger partial charge on any atom is -0.481 e. The number of rotatable bonds is 16. The second kappa shape index (κ2) is 19.5. The number of carboxylic acids is 1. The first-order valence-corrected chi connectivity index (χ1v) is 10.1. The summed E-state index contributed by atoms with van der Waals surface area (Å²) in [5.41, 5.74) is 0. The molecule has 146 valence electrons. The molecule has 1 atom stereocenters. The number of hydrogen-bond acceptors (Lipinski definition) is 1. The molecule has 0 aliphatic rings. The van der Waals surface area contributed by atoms with E-state index in [0.717, 1.165) is 57.8 Å². The van der Waals surface area contributed by atoms with Gasteiger partial charge in [-0.25, -0.2) is 0 Å². The van der Waals surface area contributed by atoms with Crippen molar-refractivity contribution in [3.63, 3.8) is 0 Å². The molecular formula is C24H38O2. The fraction of sp³-hybridized carbons (Fsp3) is 0.542. The lowest BCUT2D eigenvalue weighted by Crippen LogP contribution is -1.93. The summed E-state index contributed by atoms with van der Waals surface area (Å²) in [7, 11) is 0. The van der Waals surface area contributed by atoms with Crippen LogP contribution in [0, 0.1) is 5.92 Å². The highest BCUT2D eigenvalue weighted by atomic mass is 16.4. The Kier molecular flexibility index (Phi) is 18.1. The van der Waals surface area contributed by atoms with Crippen molar-refractivity contribution in [2.24, 2.45) is 5.92 Å². The van der Waals surface area contributed by atoms with Gasteiger partial charge in [-0.15, -0.1) is 0 Å². The van der Waals surface area contributed by atoms with Gasteiger partial charge in [-0.3, -0.25) is 4.79 Å². The molecule has 0 saturated carbocycles. The van der Waals surface area contributed by atoms with E-state index < -0.39 is 5.97 Å². The highest BCUT2D eigenvalue weighted by Crippen LogP contribution is 2.10. The Balaban J connectivity index is 3.59. The van der Waals surface area contributed by atoms with Gasteiger partial charge in [0, 0.05) is 6.42 Å². The summed E-state index contributed by atoms with van der Waals surface area (Å²) in [6, 6.07) is 0. The molecule has 0 aromatic carbocycles. The maximum absolute atomic E-state index is 10.4. The van der Waals surface area contributed by atoms with Crippen molar-refractivity contribution in [3.05, 3.63) is 60.8 Å². The molecule has 0 rings (SSSR count). The average molecular weight is 359 g/mol. The van der Waals surface area contributed by atoms with Crippen LogP contribution in [0.5, 0.6) is 0 Å². The number of carboxylic acid groups (broad SMARTS) is 1. The highest BCUT2D eigenvalue weighted by molar-refractivity contribution is 5.66. The lowest BCUT2D eigenvalue weighted by atomic mass is 10.0. The summed E-state index contributed by atoms with van der Waals surface area (Å²) >= 11 is 0. The zero-order valence-corrected chi connectivity index (χ0v) is 16.8. The Hall–Kier alpha value is -1.83. The maximum atomic E-state index is 10.4. The van der Waals surface area contributed by atoms with Crippen LogP contribution in [0.25, 0.3) is 0 Å². The number of aliphatic carboxylic acids is 1. The molecule has 0 spiro atoms. The van der Waals surface area contributed by atoms with E-state index in [0.29, 0.717) is 12.3 Å². The fourth-order valence-electron chi connectivity index (χ4n) is 2.41. The molecule has 0 radical (unpaired) electrons. The molecule has 0 aliphatic heterocycles. The van der Waals surface area contributed by atoms with Crippen LogP contribution in [0.4, 0.5) is 0 Å². The van der Waals surface area contributed by atoms with Crippen LogP contribution >= 0.6 is 0 Å². The van der Waals surface area contributed by atoms with Crippen molar-refractivity contribution < 1.29 is 9.90 Å². The predicted molar refractivity (Wildman–Crippen MR) is 114 cm³/mol. The lowest BCUT2D eigenvalue weighted by molar-refractivity contribution is -0.137. The first-order valence-electron chi connectivity index (χ1n) is 10.1. The molecule has 0 bridgehead atoms. The van der Waals surface area contributed by atoms with Gasteiger partial charge in [0.25, 0.3) is 0 Å². The molecule has 0 aromatic heterocycles. The zero-order valence-electron chi connectivity index (χ0n) is 16.8. The first-order chi connectivity index (χ1) is 12.7. The van der Waals surface area contributed by atoms with Crippen LogP contribution < -0.4 is 0 Å². The normalized spacial score (nSPS) is 13.9. The Labute approximate surface area is 161 Å². The van der Waals surface area contributed by atoms with Crippen LogP contribution in [0.3, 0.4) is 0 Å². The van der Waals surface area contributed by atoms with Crippen molar-refractivity contribution in [2.75, 3.05) is 0 Å². The number of unbranched alkanes of at least 4 members (excludes halogenated alkanes) is 3. The summed E-state index contributed by atoms with van der Waals surface area (Å²) in [4.78, 5) is 10.4. The van der Waals surface area contributed by atoms with Crippen molar-refractivity contribution in [1.82, 2.24) is 0 Å². The molecule has 1 N–H and O–H groups in total. The third-order valence-electron chi connectivity index (χ3n) is 4.00. The van der Waals surface area contributed by atoms with E-state index in [-0.39, 0.29) is 0 Å². The third kappa shape index (κ3) is 20.2. The van der Waals surface area contributed by atoms with Gasteiger partial charge in [-0.1, -0.05) is 81.0 Å². The van der Waals surface area contributed by atoms with Crippen LogP contribution in [0.1, 0.15) is 78.1 Å². The minimum atomic E-state index is -0.691. The topological polar surface area (TPSA) is 37.3 Å². The Morgan fingerprint density at radius 1 is 0.808 bits per heavy atom. The van der Waals surface area contributed by atoms with Crippen LogP contribution in [-0.2, 0) is 4.79 Å². The molecule has 0 aliphatic carbocycles. The molecule has 26 heavy (non-hydrogen) atoms. The van der Waals surface area contributed by atoms with Crippen LogP contribution in [0.2, 0.25) is 0 Å². The zero-order chi connectivity index (χ0) is 19.3. The van der Waals surface area contributed by atoms with Gasteiger partial charge in [0.1, 0.15) is 0 Å². The molecule has 2 nitrogen and oxygen atoms in total. The lowest BCUT2D eigenvalue weighted by Gasteiger charge is -2.03. The SMILES string of the molecule is CC/C=C\C/C=C\C/C=C\CC(C)C/C=C/C=C\CCCCCC(=O)O. The second-order valence-corrected chi connectivity index (χ2v) is 6.72. The van der Waals surface area contributed by atoms with E-state index in [9.17, 15) is 4.79 Å². The maximum Gasteiger partial charge on any atom is 0.303 e. The molecule has 0 saturated heterocycles. The summed E-state index contributed by atoms with van der Waals surface area (Å²) in [5, 5.41) is 8.55. The van der Waals surface area contributed by atoms with Crippen molar-refractivity contribution >= 4 is 5.97 Å². The smallest absolute Gasteiger partial charge is 0.303 e. The van der Waals surface area contributed by atoms with E-state index >= 15 is 0 Å². The minimum absolute atomic E-state index is 0.294. The van der Waals surface area contributed by atoms with Crippen molar-refractivity contribution in [3.8, 4) is 0 Å². The van der Waals surface area contributed by atoms with Gasteiger partial charge in [0.2, 0.25) is 0 Å². The average Bonchev–Trinajstić information content (AvgIpc) is 2.61. The largest absolute Gasteiger partial charge is 0.481 e. The van der Waals surface area contributed by atoms with Crippen LogP contribution in [0.15, 0.2) is 60.8 Å². The standard InChI is InChI=1S/C24H38O2/c1-3-4-5-6-7-8-11-14-17-20-23(2)21-18-15-12-9-10-13-16-19-22-24(25)26/h4-5,7-9,12,14-15,17-18,23H,3,6,10-11,13,16,19-22H2,1-2H3,(H,25,26)/b5-4-,8-7-,12-9-,17-14-,18-15+. The summed E-state index contributed by atoms with van der Waals surface area (Å²) in [6.45, 7) is 4.44. The monoisotopic (exact) mass is 358 g/mol. The van der Waals surface area contributed by atoms with E-state index in [1.54, 1.807) is 0 Å². The van der Waals surface area contributed by atoms with E-state index in [1.807, 2.05) is 0 Å². The molecule has 2 heteroatoms. The van der Waals surface area contributed by atoms with Gasteiger partial charge in [0.15, 0.2) is 0 Å². The number of hydrogen-bond donors (Lipinski definition) is 1. The molecule has 0 aromatic rings. The quantitative estimate of drug-likeness (QED) is 0.177. The van der Waals surface area contributed by atoms with E-state index in [1.165, 1.54) is 0 Å². The third-order valence-corrected chi connectivity index (χ3v) is 4.00. The van der Waals surface area contributed by atoms with Gasteiger partial charge in [-0.2, -0.15) is 0 Å². The van der Waals surface area contributed by atoms with E-state index in [2.05, 4.69) is 74.6 Å². The summed E-state index contributed by atoms with van der Waals surface area (Å²) < 4.78 is 0. The number of carbonyl (C=O) groups is 1. The molecular weight excluding hydrogens is 320 g/mol. The van der Waals surface area contributed by atoms with Crippen molar-refractivity contribution in [1.29, 1.82) is 0 Å². The number of allylic oxidation sites excluding steroid dienone is 10. The van der Waals surface area contributed by atoms with Crippen LogP contribution in [-0.4, -0.2) is 11.1 Å². The summed E-state index contributed by atoms with van der Waals surface area (Å²) in [5.74, 6) is -0.0212. The second-order valence-electron chi connectivity index (χ2n) is 6.72. The Morgan fingerprint density at radius 3 is 2.12 bits per heavy atom. The van der Waals surface area contributed by atoms with Gasteiger partial charge >= 0.3 is 5.97 Å². The van der Waals surface area contributed by atoms with E-state index in [4.69, 9.17) is 5.11 Å². The molecule has 0 heterocycles. The van der Waals surface area contributed by atoms with Gasteiger partial charge in [0.05, 0.1) is 0 Å². The molecule has 0 amide bonds. The van der Waals surface area contributed by atoms with Crippen molar-refractivity contribution in [2.45, 2.75) is 78.1 Å². The highest BCUT2D eigenvalue weighted by Gasteiger charge is 1.95.